The molecule has 10 aromatic rings. The van der Waals surface area contributed by atoms with Gasteiger partial charge in [0.2, 0.25) is 0 Å². The molecule has 0 spiro atoms. The highest BCUT2D eigenvalue weighted by Crippen LogP contribution is 2.53. The number of benzene rings is 9. The van der Waals surface area contributed by atoms with Crippen LogP contribution in [-0.4, -0.2) is 15.0 Å². The van der Waals surface area contributed by atoms with Crippen molar-refractivity contribution in [2.45, 2.75) is 0 Å². The number of para-hydroxylation sites is 3. The highest BCUT2D eigenvalue weighted by molar-refractivity contribution is 6.17. The van der Waals surface area contributed by atoms with Crippen molar-refractivity contribution in [3.8, 4) is 56.4 Å². The minimum Gasteiger partial charge on any atom is -0.311 e. The molecule has 9 aromatic carbocycles. The third-order valence-corrected chi connectivity index (χ3v) is 11.2. The number of hydrogen-bond acceptors (Lipinski definition) is 5. The molecule has 5 heteroatoms. The van der Waals surface area contributed by atoms with Gasteiger partial charge in [0.15, 0.2) is 17.5 Å². The second kappa shape index (κ2) is 15.0. The van der Waals surface area contributed by atoms with Crippen LogP contribution >= 0.6 is 0 Å². The van der Waals surface area contributed by atoms with E-state index in [1.807, 2.05) is 60.7 Å². The minimum absolute atomic E-state index is 0.639. The highest BCUT2D eigenvalue weighted by atomic mass is 15.2. The first kappa shape index (κ1) is 35.0. The smallest absolute Gasteiger partial charge is 0.164 e. The van der Waals surface area contributed by atoms with Gasteiger partial charge in [-0.15, -0.1) is 0 Å². The van der Waals surface area contributed by atoms with Gasteiger partial charge in [-0.3, -0.25) is 0 Å². The zero-order valence-corrected chi connectivity index (χ0v) is 32.6. The zero-order chi connectivity index (χ0) is 39.8. The number of aromatic nitrogens is 3. The molecule has 0 fully saturated rings. The van der Waals surface area contributed by atoms with Crippen LogP contribution in [0.25, 0.3) is 67.2 Å². The average molecular weight is 768 g/mol. The summed E-state index contributed by atoms with van der Waals surface area (Å²) in [6.45, 7) is 0. The molecule has 11 rings (SSSR count). The molecule has 1 aliphatic rings. The molecule has 0 amide bonds. The summed E-state index contributed by atoms with van der Waals surface area (Å²) in [6.07, 6.45) is 0. The summed E-state index contributed by atoms with van der Waals surface area (Å²) in [4.78, 5) is 19.9. The lowest BCUT2D eigenvalue weighted by molar-refractivity contribution is 1.08. The summed E-state index contributed by atoms with van der Waals surface area (Å²) >= 11 is 0. The highest BCUT2D eigenvalue weighted by Gasteiger charge is 2.28. The van der Waals surface area contributed by atoms with Crippen molar-refractivity contribution in [2.24, 2.45) is 0 Å². The second-order valence-corrected chi connectivity index (χ2v) is 14.9. The van der Waals surface area contributed by atoms with Crippen LogP contribution in [0.15, 0.2) is 224 Å². The Balaban J connectivity index is 1.05. The average Bonchev–Trinajstić information content (AvgIpc) is 3.33. The predicted octanol–water partition coefficient (Wildman–Crippen LogP) is 14.6. The topological polar surface area (TPSA) is 45.2 Å². The van der Waals surface area contributed by atoms with Gasteiger partial charge in [0.1, 0.15) is 0 Å². The van der Waals surface area contributed by atoms with Crippen molar-refractivity contribution in [1.29, 1.82) is 0 Å². The Hall–Kier alpha value is -8.15. The number of anilines is 6. The lowest BCUT2D eigenvalue weighted by atomic mass is 9.87. The largest absolute Gasteiger partial charge is 0.311 e. The SMILES string of the molecule is c1ccc(-c2nc(-c3ccccc3)nc(-c3ccc4c5c(cccc35)-c3ccc(-c5ccc(N(c6ccccc6)c6ccccc6)cc5)cc3N4c3ccccc3)n2)cc1. The molecule has 0 unspecified atom stereocenters. The number of hydrogen-bond donors (Lipinski definition) is 0. The number of nitrogens with zero attached hydrogens (tertiary/aromatic N) is 5. The summed E-state index contributed by atoms with van der Waals surface area (Å²) < 4.78 is 0. The summed E-state index contributed by atoms with van der Waals surface area (Å²) in [7, 11) is 0. The second-order valence-electron chi connectivity index (χ2n) is 14.9. The summed E-state index contributed by atoms with van der Waals surface area (Å²) in [6, 6.07) is 78.8. The first-order valence-electron chi connectivity index (χ1n) is 20.2. The molecule has 282 valence electrons. The van der Waals surface area contributed by atoms with Crippen LogP contribution in [0, 0.1) is 0 Å². The van der Waals surface area contributed by atoms with E-state index < -0.39 is 0 Å². The van der Waals surface area contributed by atoms with Gasteiger partial charge in [0, 0.05) is 50.4 Å². The molecule has 0 saturated heterocycles. The van der Waals surface area contributed by atoms with Crippen LogP contribution in [0.4, 0.5) is 34.1 Å². The van der Waals surface area contributed by atoms with Crippen LogP contribution in [0.1, 0.15) is 0 Å². The fourth-order valence-electron chi connectivity index (χ4n) is 8.44. The molecule has 1 aromatic heterocycles. The van der Waals surface area contributed by atoms with Crippen molar-refractivity contribution >= 4 is 44.9 Å². The van der Waals surface area contributed by atoms with E-state index in [0.717, 1.165) is 72.7 Å². The molecule has 0 aliphatic carbocycles. The van der Waals surface area contributed by atoms with Gasteiger partial charge < -0.3 is 9.80 Å². The first-order chi connectivity index (χ1) is 29.8. The van der Waals surface area contributed by atoms with Gasteiger partial charge in [-0.1, -0.05) is 158 Å². The molecule has 1 aliphatic heterocycles. The molecule has 0 N–H and O–H groups in total. The Kier molecular flexibility index (Phi) is 8.75. The summed E-state index contributed by atoms with van der Waals surface area (Å²) in [5.74, 6) is 1.93. The molecule has 60 heavy (non-hydrogen) atoms. The Bertz CT molecular complexity index is 3020. The van der Waals surface area contributed by atoms with Crippen LogP contribution in [0.5, 0.6) is 0 Å². The lowest BCUT2D eigenvalue weighted by Gasteiger charge is -2.34. The van der Waals surface area contributed by atoms with Gasteiger partial charge in [-0.05, 0) is 88.8 Å². The molecule has 2 heterocycles. The maximum Gasteiger partial charge on any atom is 0.164 e. The van der Waals surface area contributed by atoms with Crippen molar-refractivity contribution in [3.63, 3.8) is 0 Å². The van der Waals surface area contributed by atoms with E-state index in [2.05, 4.69) is 174 Å². The van der Waals surface area contributed by atoms with E-state index in [-0.39, 0.29) is 0 Å². The maximum atomic E-state index is 5.13. The Morgan fingerprint density at radius 2 is 0.817 bits per heavy atom. The van der Waals surface area contributed by atoms with E-state index in [1.54, 1.807) is 0 Å². The molecule has 0 atom stereocenters. The first-order valence-corrected chi connectivity index (χ1v) is 20.2. The van der Waals surface area contributed by atoms with Crippen LogP contribution in [0.3, 0.4) is 0 Å². The Labute approximate surface area is 349 Å². The number of fused-ring (bicyclic) bond motifs is 2. The zero-order valence-electron chi connectivity index (χ0n) is 32.6. The maximum absolute atomic E-state index is 5.13. The normalized spacial score (nSPS) is 11.6. The lowest BCUT2D eigenvalue weighted by Crippen LogP contribution is -2.15. The number of rotatable bonds is 8. The van der Waals surface area contributed by atoms with E-state index in [4.69, 9.17) is 15.0 Å². The Morgan fingerprint density at radius 3 is 1.42 bits per heavy atom. The molecule has 0 bridgehead atoms. The van der Waals surface area contributed by atoms with Crippen molar-refractivity contribution < 1.29 is 0 Å². The quantitative estimate of drug-likeness (QED) is 0.154. The fraction of sp³-hybridized carbons (Fsp3) is 0. The third kappa shape index (κ3) is 6.26. The standard InChI is InChI=1S/C55H37N5/c1-6-17-39(18-7-1)53-56-54(40-19-8-2-9-20-40)58-55(57-53)49-35-36-50-52-47(27-16-28-48(49)52)46-34-31-41(37-51(46)60(50)44-25-14-5-15-26-44)38-29-32-45(33-30-38)59(42-21-10-3-11-22-42)43-23-12-4-13-24-43/h1-37H. The van der Waals surface area contributed by atoms with Gasteiger partial charge in [-0.25, -0.2) is 15.0 Å². The molecule has 0 saturated carbocycles. The van der Waals surface area contributed by atoms with Crippen molar-refractivity contribution in [3.05, 3.63) is 224 Å². The Morgan fingerprint density at radius 1 is 0.317 bits per heavy atom. The molecule has 0 radical (unpaired) electrons. The van der Waals surface area contributed by atoms with Gasteiger partial charge in [0.05, 0.1) is 11.4 Å². The summed E-state index contributed by atoms with van der Waals surface area (Å²) in [5.41, 5.74) is 14.1. The van der Waals surface area contributed by atoms with Crippen LogP contribution in [0.2, 0.25) is 0 Å². The molecule has 5 nitrogen and oxygen atoms in total. The van der Waals surface area contributed by atoms with Crippen LogP contribution < -0.4 is 9.80 Å². The third-order valence-electron chi connectivity index (χ3n) is 11.2. The van der Waals surface area contributed by atoms with Gasteiger partial charge >= 0.3 is 0 Å². The van der Waals surface area contributed by atoms with E-state index in [0.29, 0.717) is 17.5 Å². The summed E-state index contributed by atoms with van der Waals surface area (Å²) in [5, 5.41) is 2.25. The minimum atomic E-state index is 0.639. The van der Waals surface area contributed by atoms with Gasteiger partial charge in [0.25, 0.3) is 0 Å². The molecular weight excluding hydrogens is 731 g/mol. The predicted molar refractivity (Wildman–Crippen MR) is 247 cm³/mol. The monoisotopic (exact) mass is 767 g/mol. The van der Waals surface area contributed by atoms with E-state index in [1.165, 1.54) is 11.1 Å². The van der Waals surface area contributed by atoms with Gasteiger partial charge in [-0.2, -0.15) is 0 Å². The van der Waals surface area contributed by atoms with Crippen molar-refractivity contribution in [1.82, 2.24) is 15.0 Å². The molecular formula is C55H37N5. The van der Waals surface area contributed by atoms with E-state index >= 15 is 0 Å². The van der Waals surface area contributed by atoms with E-state index in [9.17, 15) is 0 Å². The van der Waals surface area contributed by atoms with Crippen molar-refractivity contribution in [2.75, 3.05) is 9.80 Å². The fourth-order valence-corrected chi connectivity index (χ4v) is 8.44. The van der Waals surface area contributed by atoms with Crippen LogP contribution in [-0.2, 0) is 0 Å².